The van der Waals surface area contributed by atoms with E-state index in [1.165, 1.54) is 5.56 Å². The Bertz CT molecular complexity index is 576. The van der Waals surface area contributed by atoms with Crippen molar-refractivity contribution in [3.05, 3.63) is 46.9 Å². The third-order valence-corrected chi connectivity index (χ3v) is 3.06. The number of aromatic nitrogens is 2. The number of hydrogen-bond donors (Lipinski definition) is 0. The molecule has 0 unspecified atom stereocenters. The Balaban J connectivity index is 1.97. The SMILES string of the molecule is CCc1ccccc1OCCc1nc(Cl)cc(OC)n1. The normalized spacial score (nSPS) is 10.3. The van der Waals surface area contributed by atoms with E-state index < -0.39 is 0 Å². The minimum atomic E-state index is 0.376. The highest BCUT2D eigenvalue weighted by atomic mass is 35.5. The fourth-order valence-electron chi connectivity index (χ4n) is 1.85. The van der Waals surface area contributed by atoms with E-state index in [0.29, 0.717) is 29.9 Å². The zero-order chi connectivity index (χ0) is 14.4. The topological polar surface area (TPSA) is 44.2 Å². The lowest BCUT2D eigenvalue weighted by Crippen LogP contribution is -2.07. The van der Waals surface area contributed by atoms with Crippen LogP contribution in [-0.2, 0) is 12.8 Å². The van der Waals surface area contributed by atoms with Crippen LogP contribution in [0.1, 0.15) is 18.3 Å². The van der Waals surface area contributed by atoms with Gasteiger partial charge in [-0.2, -0.15) is 4.98 Å². The van der Waals surface area contributed by atoms with Gasteiger partial charge in [0.1, 0.15) is 16.7 Å². The fraction of sp³-hybridized carbons (Fsp3) is 0.333. The van der Waals surface area contributed by atoms with Crippen LogP contribution in [0.5, 0.6) is 11.6 Å². The molecular weight excluding hydrogens is 276 g/mol. The highest BCUT2D eigenvalue weighted by Gasteiger charge is 2.05. The summed E-state index contributed by atoms with van der Waals surface area (Å²) in [4.78, 5) is 8.38. The van der Waals surface area contributed by atoms with Gasteiger partial charge in [-0.3, -0.25) is 0 Å². The van der Waals surface area contributed by atoms with Gasteiger partial charge in [0.05, 0.1) is 13.7 Å². The molecule has 0 spiro atoms. The minimum absolute atomic E-state index is 0.376. The number of aryl methyl sites for hydroxylation is 1. The molecule has 5 heteroatoms. The highest BCUT2D eigenvalue weighted by Crippen LogP contribution is 2.19. The van der Waals surface area contributed by atoms with Crippen LogP contribution in [0.25, 0.3) is 0 Å². The molecule has 0 saturated heterocycles. The number of nitrogens with zero attached hydrogens (tertiary/aromatic N) is 2. The summed E-state index contributed by atoms with van der Waals surface area (Å²) >= 11 is 5.90. The summed E-state index contributed by atoms with van der Waals surface area (Å²) in [5, 5.41) is 0.376. The Morgan fingerprint density at radius 1 is 1.20 bits per heavy atom. The second-order valence-electron chi connectivity index (χ2n) is 4.21. The summed E-state index contributed by atoms with van der Waals surface area (Å²) in [5.41, 5.74) is 1.19. The predicted octanol–water partition coefficient (Wildman–Crippen LogP) is 3.32. The number of methoxy groups -OCH3 is 1. The Labute approximate surface area is 123 Å². The summed E-state index contributed by atoms with van der Waals surface area (Å²) in [6, 6.07) is 9.59. The van der Waals surface area contributed by atoms with E-state index in [0.717, 1.165) is 12.2 Å². The number of rotatable bonds is 6. The van der Waals surface area contributed by atoms with Crippen molar-refractivity contribution in [3.63, 3.8) is 0 Å². The molecule has 1 aromatic heterocycles. The molecule has 20 heavy (non-hydrogen) atoms. The second kappa shape index (κ2) is 7.10. The Kier molecular flexibility index (Phi) is 5.18. The zero-order valence-corrected chi connectivity index (χ0v) is 12.4. The summed E-state index contributed by atoms with van der Waals surface area (Å²) < 4.78 is 10.8. The monoisotopic (exact) mass is 292 g/mol. The minimum Gasteiger partial charge on any atom is -0.493 e. The molecule has 0 saturated carbocycles. The van der Waals surface area contributed by atoms with E-state index >= 15 is 0 Å². The van der Waals surface area contributed by atoms with Crippen LogP contribution in [0, 0.1) is 0 Å². The quantitative estimate of drug-likeness (QED) is 0.766. The third-order valence-electron chi connectivity index (χ3n) is 2.86. The standard InChI is InChI=1S/C15H17ClN2O2/c1-3-11-6-4-5-7-12(11)20-9-8-14-17-13(16)10-15(18-14)19-2/h4-7,10H,3,8-9H2,1-2H3. The van der Waals surface area contributed by atoms with Gasteiger partial charge in [0, 0.05) is 12.5 Å². The van der Waals surface area contributed by atoms with Gasteiger partial charge >= 0.3 is 0 Å². The molecule has 2 aromatic rings. The molecule has 106 valence electrons. The van der Waals surface area contributed by atoms with Crippen LogP contribution in [0.4, 0.5) is 0 Å². The molecule has 4 nitrogen and oxygen atoms in total. The molecule has 0 aliphatic carbocycles. The van der Waals surface area contributed by atoms with Crippen LogP contribution in [0.3, 0.4) is 0 Å². The van der Waals surface area contributed by atoms with Crippen molar-refractivity contribution in [1.82, 2.24) is 9.97 Å². The molecule has 1 aromatic carbocycles. The van der Waals surface area contributed by atoms with Crippen molar-refractivity contribution >= 4 is 11.6 Å². The van der Waals surface area contributed by atoms with E-state index in [9.17, 15) is 0 Å². The lowest BCUT2D eigenvalue weighted by molar-refractivity contribution is 0.314. The number of benzene rings is 1. The van der Waals surface area contributed by atoms with Crippen LogP contribution >= 0.6 is 11.6 Å². The molecule has 0 aliphatic rings. The zero-order valence-electron chi connectivity index (χ0n) is 11.6. The van der Waals surface area contributed by atoms with Gasteiger partial charge in [0.25, 0.3) is 0 Å². The van der Waals surface area contributed by atoms with Gasteiger partial charge in [0.15, 0.2) is 0 Å². The summed E-state index contributed by atoms with van der Waals surface area (Å²) in [6.07, 6.45) is 1.52. The van der Waals surface area contributed by atoms with E-state index in [2.05, 4.69) is 23.0 Å². The smallest absolute Gasteiger partial charge is 0.217 e. The van der Waals surface area contributed by atoms with Crippen molar-refractivity contribution in [2.75, 3.05) is 13.7 Å². The molecule has 0 aliphatic heterocycles. The summed E-state index contributed by atoms with van der Waals surface area (Å²) in [5.74, 6) is 1.99. The maximum Gasteiger partial charge on any atom is 0.217 e. The van der Waals surface area contributed by atoms with Crippen molar-refractivity contribution < 1.29 is 9.47 Å². The van der Waals surface area contributed by atoms with Gasteiger partial charge < -0.3 is 9.47 Å². The first kappa shape index (κ1) is 14.6. The summed E-state index contributed by atoms with van der Waals surface area (Å²) in [7, 11) is 1.55. The van der Waals surface area contributed by atoms with E-state index in [4.69, 9.17) is 21.1 Å². The molecule has 0 radical (unpaired) electrons. The molecule has 0 bridgehead atoms. The Hall–Kier alpha value is -1.81. The van der Waals surface area contributed by atoms with Gasteiger partial charge in [-0.15, -0.1) is 0 Å². The van der Waals surface area contributed by atoms with Crippen molar-refractivity contribution in [2.24, 2.45) is 0 Å². The summed E-state index contributed by atoms with van der Waals surface area (Å²) in [6.45, 7) is 2.60. The van der Waals surface area contributed by atoms with E-state index in [-0.39, 0.29) is 0 Å². The molecule has 0 amide bonds. The molecule has 0 N–H and O–H groups in total. The van der Waals surface area contributed by atoms with Crippen LogP contribution in [0.2, 0.25) is 5.15 Å². The molecule has 2 rings (SSSR count). The van der Waals surface area contributed by atoms with Gasteiger partial charge in [-0.05, 0) is 18.1 Å². The number of para-hydroxylation sites is 1. The largest absolute Gasteiger partial charge is 0.493 e. The van der Waals surface area contributed by atoms with Gasteiger partial charge in [-0.1, -0.05) is 36.7 Å². The van der Waals surface area contributed by atoms with Crippen molar-refractivity contribution in [3.8, 4) is 11.6 Å². The van der Waals surface area contributed by atoms with Gasteiger partial charge in [0.2, 0.25) is 5.88 Å². The first-order chi connectivity index (χ1) is 9.72. The molecule has 1 heterocycles. The molecule has 0 atom stereocenters. The first-order valence-electron chi connectivity index (χ1n) is 6.51. The van der Waals surface area contributed by atoms with Crippen LogP contribution in [-0.4, -0.2) is 23.7 Å². The number of ether oxygens (including phenoxy) is 2. The van der Waals surface area contributed by atoms with Crippen molar-refractivity contribution in [2.45, 2.75) is 19.8 Å². The van der Waals surface area contributed by atoms with Gasteiger partial charge in [-0.25, -0.2) is 4.98 Å². The lowest BCUT2D eigenvalue weighted by atomic mass is 10.1. The highest BCUT2D eigenvalue weighted by molar-refractivity contribution is 6.29. The molecular formula is C15H17ClN2O2. The maximum atomic E-state index is 5.90. The van der Waals surface area contributed by atoms with Crippen LogP contribution in [0.15, 0.2) is 30.3 Å². The second-order valence-corrected chi connectivity index (χ2v) is 4.60. The first-order valence-corrected chi connectivity index (χ1v) is 6.89. The maximum absolute atomic E-state index is 5.90. The lowest BCUT2D eigenvalue weighted by Gasteiger charge is -2.10. The number of hydrogen-bond acceptors (Lipinski definition) is 4. The average molecular weight is 293 g/mol. The average Bonchev–Trinajstić information content (AvgIpc) is 2.47. The fourth-order valence-corrected chi connectivity index (χ4v) is 2.04. The van der Waals surface area contributed by atoms with E-state index in [1.807, 2.05) is 18.2 Å². The number of halogens is 1. The predicted molar refractivity (Wildman–Crippen MR) is 78.6 cm³/mol. The van der Waals surface area contributed by atoms with E-state index in [1.54, 1.807) is 13.2 Å². The Morgan fingerprint density at radius 2 is 2.00 bits per heavy atom. The Morgan fingerprint density at radius 3 is 2.75 bits per heavy atom. The molecule has 0 fully saturated rings. The van der Waals surface area contributed by atoms with Crippen LogP contribution < -0.4 is 9.47 Å². The third kappa shape index (κ3) is 3.84. The van der Waals surface area contributed by atoms with Crippen molar-refractivity contribution in [1.29, 1.82) is 0 Å².